The number of rotatable bonds is 20. The second-order valence-corrected chi connectivity index (χ2v) is 29.0. The zero-order valence-electron chi connectivity index (χ0n) is 37.4. The van der Waals surface area contributed by atoms with Crippen molar-refractivity contribution in [2.24, 2.45) is 5.92 Å². The molecule has 56 heavy (non-hydrogen) atoms. The molecule has 0 saturated carbocycles. The van der Waals surface area contributed by atoms with E-state index in [-0.39, 0.29) is 35.1 Å². The third-order valence-corrected chi connectivity index (χ3v) is 21.6. The monoisotopic (exact) mass is 810 g/mol. The van der Waals surface area contributed by atoms with Gasteiger partial charge in [-0.15, -0.1) is 0 Å². The van der Waals surface area contributed by atoms with Crippen molar-refractivity contribution in [3.63, 3.8) is 0 Å². The number of hydrogen-bond donors (Lipinski definition) is 1. The van der Waals surface area contributed by atoms with Crippen LogP contribution in [0.1, 0.15) is 130 Å². The predicted octanol–water partition coefficient (Wildman–Crippen LogP) is 11.9. The van der Waals surface area contributed by atoms with E-state index in [1.165, 1.54) is 0 Å². The van der Waals surface area contributed by atoms with Gasteiger partial charge in [0.15, 0.2) is 16.6 Å². The smallest absolute Gasteiger partial charge is 0.343 e. The van der Waals surface area contributed by atoms with Crippen LogP contribution < -0.4 is 4.74 Å². The van der Waals surface area contributed by atoms with Crippen LogP contribution in [0.2, 0.25) is 36.3 Å². The number of benzene rings is 2. The fourth-order valence-corrected chi connectivity index (χ4v) is 9.48. The molecule has 0 amide bonds. The van der Waals surface area contributed by atoms with Crippen molar-refractivity contribution in [1.29, 1.82) is 0 Å². The van der Waals surface area contributed by atoms with Crippen LogP contribution in [0.15, 0.2) is 47.1 Å². The molecular formula is C46H74O8Si2. The highest BCUT2D eigenvalue weighted by Gasteiger charge is 2.69. The molecule has 1 fully saturated rings. The molecule has 1 aliphatic rings. The molecule has 1 saturated heterocycles. The summed E-state index contributed by atoms with van der Waals surface area (Å²) in [6.45, 7) is 33.7. The average molecular weight is 811 g/mol. The van der Waals surface area contributed by atoms with E-state index in [4.69, 9.17) is 27.5 Å². The molecule has 1 N–H and O–H groups in total. The zero-order chi connectivity index (χ0) is 41.9. The van der Waals surface area contributed by atoms with Gasteiger partial charge < -0.3 is 32.6 Å². The minimum absolute atomic E-state index is 0.0172. The molecule has 314 valence electrons. The zero-order valence-corrected chi connectivity index (χ0v) is 39.4. The molecule has 1 aliphatic heterocycles. The van der Waals surface area contributed by atoms with E-state index in [2.05, 4.69) is 107 Å². The van der Waals surface area contributed by atoms with E-state index in [1.54, 1.807) is 0 Å². The molecule has 0 radical (unpaired) electrons. The van der Waals surface area contributed by atoms with Crippen molar-refractivity contribution >= 4 is 33.6 Å². The summed E-state index contributed by atoms with van der Waals surface area (Å²) in [4.78, 5) is 13.8. The lowest BCUT2D eigenvalue weighted by Crippen LogP contribution is -2.53. The molecule has 2 unspecified atom stereocenters. The van der Waals surface area contributed by atoms with E-state index < -0.39 is 40.4 Å². The van der Waals surface area contributed by atoms with Gasteiger partial charge in [-0.1, -0.05) is 106 Å². The van der Waals surface area contributed by atoms with Crippen LogP contribution in [-0.4, -0.2) is 58.2 Å². The van der Waals surface area contributed by atoms with Crippen LogP contribution in [0, 0.1) is 5.92 Å². The maximum atomic E-state index is 13.8. The second kappa shape index (κ2) is 18.2. The Labute approximate surface area is 340 Å². The van der Waals surface area contributed by atoms with Gasteiger partial charge in [0.2, 0.25) is 5.60 Å². The van der Waals surface area contributed by atoms with Gasteiger partial charge in [0, 0.05) is 23.3 Å². The van der Waals surface area contributed by atoms with E-state index in [1.807, 2.05) is 38.3 Å². The lowest BCUT2D eigenvalue weighted by molar-refractivity contribution is -0.154. The molecule has 2 aromatic carbocycles. The summed E-state index contributed by atoms with van der Waals surface area (Å²) in [5.41, 5.74) is 3.53. The van der Waals surface area contributed by atoms with Crippen molar-refractivity contribution in [1.82, 2.24) is 0 Å². The van der Waals surface area contributed by atoms with Crippen LogP contribution in [0.25, 0.3) is 11.0 Å². The minimum Gasteiger partial charge on any atom is -0.488 e. The molecule has 0 spiro atoms. The summed E-state index contributed by atoms with van der Waals surface area (Å²) in [5, 5.41) is 13.4. The van der Waals surface area contributed by atoms with Crippen LogP contribution >= 0.6 is 0 Å². The first kappa shape index (κ1) is 46.2. The number of aliphatic hydroxyl groups excluding tert-OH is 1. The summed E-state index contributed by atoms with van der Waals surface area (Å²) in [6, 6.07) is 12.5. The van der Waals surface area contributed by atoms with Crippen LogP contribution in [0.3, 0.4) is 0 Å². The first-order valence-electron chi connectivity index (χ1n) is 21.1. The van der Waals surface area contributed by atoms with Gasteiger partial charge in [-0.3, -0.25) is 0 Å². The van der Waals surface area contributed by atoms with Crippen molar-refractivity contribution in [3.05, 3.63) is 64.9 Å². The summed E-state index contributed by atoms with van der Waals surface area (Å²) < 4.78 is 39.3. The molecular weight excluding hydrogens is 737 g/mol. The number of fused-ring (bicyclic) bond motifs is 1. The van der Waals surface area contributed by atoms with E-state index >= 15 is 0 Å². The van der Waals surface area contributed by atoms with E-state index in [0.29, 0.717) is 32.0 Å². The largest absolute Gasteiger partial charge is 0.488 e. The number of aliphatic hydroxyl groups is 1. The third-order valence-electron chi connectivity index (χ3n) is 12.6. The lowest BCUT2D eigenvalue weighted by atomic mass is 9.83. The summed E-state index contributed by atoms with van der Waals surface area (Å²) in [7, 11) is -4.59. The molecule has 0 aliphatic carbocycles. The fourth-order valence-electron chi connectivity index (χ4n) is 7.21. The molecule has 5 atom stereocenters. The minimum atomic E-state index is -2.43. The van der Waals surface area contributed by atoms with Gasteiger partial charge >= 0.3 is 5.97 Å². The van der Waals surface area contributed by atoms with E-state index in [9.17, 15) is 9.90 Å². The molecule has 10 heteroatoms. The molecule has 1 aromatic heterocycles. The van der Waals surface area contributed by atoms with Gasteiger partial charge in [0.25, 0.3) is 0 Å². The molecule has 4 rings (SSSR count). The average Bonchev–Trinajstić information content (AvgIpc) is 3.72. The van der Waals surface area contributed by atoms with E-state index in [0.717, 1.165) is 51.8 Å². The topological polar surface area (TPSA) is 99.9 Å². The van der Waals surface area contributed by atoms with Crippen molar-refractivity contribution < 1.29 is 37.4 Å². The van der Waals surface area contributed by atoms with Gasteiger partial charge in [-0.05, 0) is 85.6 Å². The maximum absolute atomic E-state index is 13.8. The quantitative estimate of drug-likeness (QED) is 0.0684. The Kier molecular flexibility index (Phi) is 15.0. The second-order valence-electron chi connectivity index (χ2n) is 19.4. The van der Waals surface area contributed by atoms with Gasteiger partial charge in [-0.25, -0.2) is 4.79 Å². The number of hydrogen-bond acceptors (Lipinski definition) is 8. The molecule has 0 bridgehead atoms. The first-order valence-corrected chi connectivity index (χ1v) is 26.9. The predicted molar refractivity (Wildman–Crippen MR) is 232 cm³/mol. The number of esters is 1. The highest BCUT2D eigenvalue weighted by Crippen LogP contribution is 2.50. The highest BCUT2D eigenvalue weighted by molar-refractivity contribution is 6.74. The molecule has 8 nitrogen and oxygen atoms in total. The van der Waals surface area contributed by atoms with Crippen molar-refractivity contribution in [3.8, 4) is 5.75 Å². The normalized spacial score (nSPS) is 19.6. The summed E-state index contributed by atoms with van der Waals surface area (Å²) >= 11 is 0. The van der Waals surface area contributed by atoms with Crippen LogP contribution in [0.4, 0.5) is 0 Å². The summed E-state index contributed by atoms with van der Waals surface area (Å²) in [5.74, 6) is 0.488. The fraction of sp³-hybridized carbons (Fsp3) is 0.674. The van der Waals surface area contributed by atoms with Crippen molar-refractivity contribution in [2.45, 2.75) is 188 Å². The van der Waals surface area contributed by atoms with Crippen LogP contribution in [0.5, 0.6) is 5.75 Å². The Hall–Kier alpha value is -2.48. The number of epoxide rings is 1. The number of carbonyl (C=O) groups is 1. The number of ether oxygens (including phenoxy) is 3. The lowest BCUT2D eigenvalue weighted by Gasteiger charge is -2.41. The Balaban J connectivity index is 1.86. The highest BCUT2D eigenvalue weighted by atomic mass is 28.4. The van der Waals surface area contributed by atoms with Gasteiger partial charge in [0.05, 0.1) is 37.2 Å². The number of carbonyl (C=O) groups excluding carboxylic acids is 1. The molecule has 2 heterocycles. The SMILES string of the molecule is CCC[C@H](c1coc2c(CO[Si](C)(C)C(C)(C)C)c(OCc3ccccc3)c(CC(C)C)cc12)C(O)C[C@@H](O[Si](C)(C)C(C)(C)C)[C@@]1(C(=O)OCC)OC1CC. The standard InChI is InChI=1S/C46H74O8Si2/c1-16-22-34(38(47)27-40(54-56(14,15)45(9,10)11)46(39(17-2)53-46)43(48)49-18-3)36-29-51-42-35(36)26-33(25-31(4)5)41(50-28-32-23-20-19-21-24-32)37(42)30-52-55(12,13)44(6,7)8/h19-21,23-24,26,29,31,34,38-40,47H,16-18,22,25,27-28,30H2,1-15H3/t34-,38?,39?,40-,46+/m1/s1. The Bertz CT molecular complexity index is 1740. The summed E-state index contributed by atoms with van der Waals surface area (Å²) in [6.07, 6.45) is 3.19. The van der Waals surface area contributed by atoms with Gasteiger partial charge in [-0.2, -0.15) is 0 Å². The van der Waals surface area contributed by atoms with Crippen molar-refractivity contribution in [2.75, 3.05) is 6.61 Å². The number of furan rings is 1. The molecule has 3 aromatic rings. The third kappa shape index (κ3) is 10.2. The maximum Gasteiger partial charge on any atom is 0.343 e. The van der Waals surface area contributed by atoms with Gasteiger partial charge in [0.1, 0.15) is 24.0 Å². The Morgan fingerprint density at radius 1 is 0.946 bits per heavy atom. The Morgan fingerprint density at radius 3 is 2.12 bits per heavy atom. The van der Waals surface area contributed by atoms with Crippen LogP contribution in [-0.2, 0) is 42.8 Å². The Morgan fingerprint density at radius 2 is 1.59 bits per heavy atom. The first-order chi connectivity index (χ1) is 26.0.